The fourth-order valence-corrected chi connectivity index (χ4v) is 2.55. The van der Waals surface area contributed by atoms with E-state index in [1.165, 1.54) is 6.07 Å². The Hall–Kier alpha value is -2.09. The predicted molar refractivity (Wildman–Crippen MR) is 83.8 cm³/mol. The van der Waals surface area contributed by atoms with Crippen LogP contribution in [0.4, 0.5) is 10.1 Å². The molecule has 1 aromatic carbocycles. The van der Waals surface area contributed by atoms with E-state index in [4.69, 9.17) is 0 Å². The van der Waals surface area contributed by atoms with Gasteiger partial charge in [-0.25, -0.2) is 4.39 Å². The molecule has 0 unspecified atom stereocenters. The number of benzene rings is 1. The Labute approximate surface area is 130 Å². The number of rotatable bonds is 6. The molecule has 1 amide bonds. The Balaban J connectivity index is 1.92. The normalized spacial score (nSPS) is 15.5. The summed E-state index contributed by atoms with van der Waals surface area (Å²) in [5.41, 5.74) is 0.732. The molecule has 0 radical (unpaired) electrons. The van der Waals surface area contributed by atoms with Gasteiger partial charge in [0, 0.05) is 26.2 Å². The zero-order valence-electron chi connectivity index (χ0n) is 13.2. The number of carbonyl (C=O) groups is 1. The Morgan fingerprint density at radius 3 is 2.68 bits per heavy atom. The van der Waals surface area contributed by atoms with Crippen molar-refractivity contribution in [3.8, 4) is 6.07 Å². The molecule has 0 spiro atoms. The lowest BCUT2D eigenvalue weighted by molar-refractivity contribution is -0.128. The van der Waals surface area contributed by atoms with Crippen molar-refractivity contribution in [2.24, 2.45) is 0 Å². The van der Waals surface area contributed by atoms with Crippen molar-refractivity contribution < 1.29 is 9.18 Å². The molecule has 2 rings (SSSR count). The lowest BCUT2D eigenvalue weighted by Crippen LogP contribution is -2.43. The second-order valence-electron chi connectivity index (χ2n) is 6.12. The van der Waals surface area contributed by atoms with Gasteiger partial charge in [0.2, 0.25) is 5.91 Å². The second-order valence-corrected chi connectivity index (χ2v) is 6.12. The minimum absolute atomic E-state index is 0.0552. The quantitative estimate of drug-likeness (QED) is 0.878. The summed E-state index contributed by atoms with van der Waals surface area (Å²) in [6, 6.07) is 7.27. The van der Waals surface area contributed by atoms with E-state index in [0.29, 0.717) is 30.5 Å². The van der Waals surface area contributed by atoms with Crippen LogP contribution in [-0.2, 0) is 11.2 Å². The maximum atomic E-state index is 14.1. The first-order valence-electron chi connectivity index (χ1n) is 7.64. The number of hydrogen-bond donors (Lipinski definition) is 1. The minimum atomic E-state index is -0.522. The zero-order chi connectivity index (χ0) is 16.2. The number of nitriles is 1. The summed E-state index contributed by atoms with van der Waals surface area (Å²) < 4.78 is 14.1. The van der Waals surface area contributed by atoms with Gasteiger partial charge in [0.25, 0.3) is 0 Å². The Morgan fingerprint density at radius 1 is 1.45 bits per heavy atom. The molecule has 0 heterocycles. The van der Waals surface area contributed by atoms with E-state index in [0.717, 1.165) is 19.3 Å². The van der Waals surface area contributed by atoms with E-state index >= 15 is 0 Å². The van der Waals surface area contributed by atoms with Crippen LogP contribution < -0.4 is 5.32 Å². The molecular formula is C17H22FN3O. The number of halogens is 1. The van der Waals surface area contributed by atoms with Crippen molar-refractivity contribution in [2.75, 3.05) is 19.4 Å². The van der Waals surface area contributed by atoms with Crippen LogP contribution in [0.3, 0.4) is 0 Å². The molecule has 1 fully saturated rings. The molecule has 118 valence electrons. The van der Waals surface area contributed by atoms with Gasteiger partial charge in [0.1, 0.15) is 11.4 Å². The highest BCUT2D eigenvalue weighted by Gasteiger charge is 2.37. The monoisotopic (exact) mass is 303 g/mol. The van der Waals surface area contributed by atoms with Crippen LogP contribution in [0, 0.1) is 17.1 Å². The van der Waals surface area contributed by atoms with Gasteiger partial charge >= 0.3 is 0 Å². The highest BCUT2D eigenvalue weighted by Crippen LogP contribution is 2.35. The second kappa shape index (κ2) is 6.78. The van der Waals surface area contributed by atoms with Gasteiger partial charge in [-0.2, -0.15) is 5.26 Å². The summed E-state index contributed by atoms with van der Waals surface area (Å²) in [6.45, 7) is 0. The number of nitrogens with one attached hydrogen (secondary N) is 1. The third-order valence-electron chi connectivity index (χ3n) is 4.19. The van der Waals surface area contributed by atoms with Gasteiger partial charge in [0.05, 0.1) is 6.07 Å². The van der Waals surface area contributed by atoms with Gasteiger partial charge in [-0.3, -0.25) is 4.79 Å². The van der Waals surface area contributed by atoms with Crippen LogP contribution in [0.15, 0.2) is 18.2 Å². The summed E-state index contributed by atoms with van der Waals surface area (Å²) in [5.74, 6) is -0.227. The zero-order valence-corrected chi connectivity index (χ0v) is 13.2. The largest absolute Gasteiger partial charge is 0.367 e. The molecule has 1 aliphatic rings. The number of carbonyl (C=O) groups excluding carboxylic acids is 1. The van der Waals surface area contributed by atoms with Gasteiger partial charge in [-0.05, 0) is 49.8 Å². The first-order chi connectivity index (χ1) is 10.5. The maximum absolute atomic E-state index is 14.1. The highest BCUT2D eigenvalue weighted by atomic mass is 19.1. The smallest absolute Gasteiger partial charge is 0.222 e. The van der Waals surface area contributed by atoms with Gasteiger partial charge in [-0.15, -0.1) is 0 Å². The van der Waals surface area contributed by atoms with Gasteiger partial charge < -0.3 is 10.2 Å². The Bertz CT molecular complexity index is 588. The lowest BCUT2D eigenvalue weighted by atomic mass is 9.78. The molecule has 22 heavy (non-hydrogen) atoms. The third-order valence-corrected chi connectivity index (χ3v) is 4.19. The van der Waals surface area contributed by atoms with Crippen LogP contribution in [0.5, 0.6) is 0 Å². The number of amides is 1. The van der Waals surface area contributed by atoms with E-state index in [1.54, 1.807) is 25.1 Å². The average Bonchev–Trinajstić information content (AvgIpc) is 2.44. The van der Waals surface area contributed by atoms with E-state index in [1.807, 2.05) is 6.07 Å². The first-order valence-corrected chi connectivity index (χ1v) is 7.64. The molecule has 4 nitrogen and oxygen atoms in total. The molecule has 0 saturated heterocycles. The van der Waals surface area contributed by atoms with Crippen molar-refractivity contribution >= 4 is 11.6 Å². The summed E-state index contributed by atoms with van der Waals surface area (Å²) >= 11 is 0. The van der Waals surface area contributed by atoms with Crippen molar-refractivity contribution in [2.45, 2.75) is 44.1 Å². The molecule has 1 saturated carbocycles. The first kappa shape index (κ1) is 16.3. The predicted octanol–water partition coefficient (Wildman–Crippen LogP) is 3.09. The number of nitrogens with zero attached hydrogens (tertiary/aromatic N) is 2. The topological polar surface area (TPSA) is 56.1 Å². The van der Waals surface area contributed by atoms with Crippen LogP contribution in [0.2, 0.25) is 0 Å². The molecule has 5 heteroatoms. The molecule has 0 bridgehead atoms. The van der Waals surface area contributed by atoms with Crippen molar-refractivity contribution in [1.29, 1.82) is 5.26 Å². The molecular weight excluding hydrogens is 281 g/mol. The Kier molecular flexibility index (Phi) is 5.02. The minimum Gasteiger partial charge on any atom is -0.367 e. The molecule has 0 atom stereocenters. The lowest BCUT2D eigenvalue weighted by Gasteiger charge is -2.36. The molecule has 1 N–H and O–H groups in total. The summed E-state index contributed by atoms with van der Waals surface area (Å²) in [5, 5.41) is 12.3. The van der Waals surface area contributed by atoms with Crippen LogP contribution in [0.1, 0.15) is 37.7 Å². The van der Waals surface area contributed by atoms with E-state index < -0.39 is 5.54 Å². The fourth-order valence-electron chi connectivity index (χ4n) is 2.55. The molecule has 0 aromatic heterocycles. The van der Waals surface area contributed by atoms with Crippen molar-refractivity contribution in [1.82, 2.24) is 4.90 Å². The number of aryl methyl sites for hydroxylation is 1. The van der Waals surface area contributed by atoms with Crippen molar-refractivity contribution in [3.05, 3.63) is 29.6 Å². The highest BCUT2D eigenvalue weighted by molar-refractivity contribution is 5.75. The molecule has 0 aliphatic heterocycles. The van der Waals surface area contributed by atoms with Gasteiger partial charge in [-0.1, -0.05) is 6.07 Å². The Morgan fingerprint density at radius 2 is 2.18 bits per heavy atom. The SMILES string of the molecule is CN(C)C(=O)CCCc1ccc(NC2(C#N)CCC2)cc1F. The van der Waals surface area contributed by atoms with E-state index in [9.17, 15) is 14.4 Å². The number of hydrogen-bond acceptors (Lipinski definition) is 3. The van der Waals surface area contributed by atoms with Crippen LogP contribution in [-0.4, -0.2) is 30.4 Å². The number of anilines is 1. The third kappa shape index (κ3) is 3.76. The molecule has 1 aliphatic carbocycles. The van der Waals surface area contributed by atoms with Crippen LogP contribution in [0.25, 0.3) is 0 Å². The maximum Gasteiger partial charge on any atom is 0.222 e. The summed E-state index contributed by atoms with van der Waals surface area (Å²) in [7, 11) is 3.43. The van der Waals surface area contributed by atoms with E-state index in [2.05, 4.69) is 11.4 Å². The average molecular weight is 303 g/mol. The van der Waals surface area contributed by atoms with Gasteiger partial charge in [0.15, 0.2) is 0 Å². The van der Waals surface area contributed by atoms with Crippen molar-refractivity contribution in [3.63, 3.8) is 0 Å². The van der Waals surface area contributed by atoms with E-state index in [-0.39, 0.29) is 11.7 Å². The molecule has 1 aromatic rings. The van der Waals surface area contributed by atoms with Crippen LogP contribution >= 0.6 is 0 Å². The summed E-state index contributed by atoms with van der Waals surface area (Å²) in [4.78, 5) is 13.0. The fraction of sp³-hybridized carbons (Fsp3) is 0.529. The summed E-state index contributed by atoms with van der Waals surface area (Å²) in [6.07, 6.45) is 4.22. The standard InChI is InChI=1S/C17H22FN3O/c1-21(2)16(22)6-3-5-13-7-8-14(11-15(13)18)20-17(12-19)9-4-10-17/h7-8,11,20H,3-6,9-10H2,1-2H3.